The van der Waals surface area contributed by atoms with Gasteiger partial charge in [0.2, 0.25) is 0 Å². The summed E-state index contributed by atoms with van der Waals surface area (Å²) in [6, 6.07) is 1.41. The summed E-state index contributed by atoms with van der Waals surface area (Å²) in [5, 5.41) is 18.3. The quantitative estimate of drug-likeness (QED) is 0.462. The van der Waals surface area contributed by atoms with Crippen molar-refractivity contribution in [2.24, 2.45) is 0 Å². The Kier molecular flexibility index (Phi) is 6.30. The van der Waals surface area contributed by atoms with Crippen LogP contribution in [0, 0.1) is 0 Å². The van der Waals surface area contributed by atoms with E-state index in [4.69, 9.17) is 0 Å². The Morgan fingerprint density at radius 3 is 2.33 bits per heavy atom. The highest BCUT2D eigenvalue weighted by Crippen LogP contribution is 2.20. The Morgan fingerprint density at radius 1 is 0.762 bits per heavy atom. The SMILES string of the molecule is C1CCC(NCCCNC2CNC3CCCCC3N2)NC1. The van der Waals surface area contributed by atoms with Crippen LogP contribution in [0.1, 0.15) is 51.4 Å². The summed E-state index contributed by atoms with van der Waals surface area (Å²) in [5.41, 5.74) is 0. The van der Waals surface area contributed by atoms with Crippen LogP contribution < -0.4 is 26.6 Å². The molecule has 1 saturated carbocycles. The molecule has 0 aromatic carbocycles. The number of rotatable bonds is 6. The third-order valence-corrected chi connectivity index (χ3v) is 5.21. The van der Waals surface area contributed by atoms with Gasteiger partial charge in [0, 0.05) is 18.6 Å². The molecule has 5 nitrogen and oxygen atoms in total. The van der Waals surface area contributed by atoms with E-state index in [9.17, 15) is 0 Å². The van der Waals surface area contributed by atoms with Crippen LogP contribution in [0.25, 0.3) is 0 Å². The molecule has 2 saturated heterocycles. The van der Waals surface area contributed by atoms with Crippen LogP contribution in [0.15, 0.2) is 0 Å². The molecule has 3 aliphatic rings. The van der Waals surface area contributed by atoms with E-state index in [1.807, 2.05) is 0 Å². The number of hydrogen-bond acceptors (Lipinski definition) is 5. The third-order valence-electron chi connectivity index (χ3n) is 5.21. The molecule has 0 aromatic heterocycles. The lowest BCUT2D eigenvalue weighted by molar-refractivity contribution is 0.194. The fourth-order valence-electron chi connectivity index (χ4n) is 3.96. The highest BCUT2D eigenvalue weighted by Gasteiger charge is 2.30. The van der Waals surface area contributed by atoms with E-state index >= 15 is 0 Å². The van der Waals surface area contributed by atoms with Crippen molar-refractivity contribution >= 4 is 0 Å². The normalized spacial score (nSPS) is 37.1. The average Bonchev–Trinajstić information content (AvgIpc) is 2.55. The summed E-state index contributed by atoms with van der Waals surface area (Å²) < 4.78 is 0. The Hall–Kier alpha value is -0.200. The molecule has 3 rings (SSSR count). The molecule has 1 aliphatic carbocycles. The third kappa shape index (κ3) is 4.89. The largest absolute Gasteiger partial charge is 0.310 e. The lowest BCUT2D eigenvalue weighted by Crippen LogP contribution is -2.65. The fourth-order valence-corrected chi connectivity index (χ4v) is 3.96. The predicted octanol–water partition coefficient (Wildman–Crippen LogP) is 0.485. The maximum absolute atomic E-state index is 3.79. The van der Waals surface area contributed by atoms with Gasteiger partial charge in [-0.3, -0.25) is 5.32 Å². The second kappa shape index (κ2) is 8.44. The molecule has 122 valence electrons. The molecule has 4 unspecified atom stereocenters. The van der Waals surface area contributed by atoms with Crippen LogP contribution in [0.5, 0.6) is 0 Å². The first-order chi connectivity index (χ1) is 10.4. The fraction of sp³-hybridized carbons (Fsp3) is 1.00. The van der Waals surface area contributed by atoms with E-state index in [0.29, 0.717) is 18.4 Å². The monoisotopic (exact) mass is 295 g/mol. The van der Waals surface area contributed by atoms with Crippen molar-refractivity contribution < 1.29 is 0 Å². The highest BCUT2D eigenvalue weighted by atomic mass is 15.2. The molecule has 2 heterocycles. The number of fused-ring (bicyclic) bond motifs is 1. The summed E-state index contributed by atoms with van der Waals surface area (Å²) in [6.45, 7) is 4.45. The Balaban J connectivity index is 1.24. The summed E-state index contributed by atoms with van der Waals surface area (Å²) in [4.78, 5) is 0. The van der Waals surface area contributed by atoms with Crippen molar-refractivity contribution in [3.05, 3.63) is 0 Å². The molecule has 5 N–H and O–H groups in total. The average molecular weight is 295 g/mol. The maximum Gasteiger partial charge on any atom is 0.0703 e. The Bertz CT molecular complexity index is 292. The predicted molar refractivity (Wildman–Crippen MR) is 87.2 cm³/mol. The van der Waals surface area contributed by atoms with E-state index in [-0.39, 0.29) is 0 Å². The minimum absolute atomic E-state index is 0.456. The molecule has 3 fully saturated rings. The number of piperidine rings is 1. The van der Waals surface area contributed by atoms with Crippen molar-refractivity contribution in [2.75, 3.05) is 26.2 Å². The first-order valence-corrected chi connectivity index (χ1v) is 9.11. The molecule has 0 bridgehead atoms. The van der Waals surface area contributed by atoms with Gasteiger partial charge in [0.05, 0.1) is 12.3 Å². The van der Waals surface area contributed by atoms with Crippen molar-refractivity contribution in [1.29, 1.82) is 0 Å². The van der Waals surface area contributed by atoms with E-state index in [1.54, 1.807) is 0 Å². The molecule has 4 atom stereocenters. The summed E-state index contributed by atoms with van der Waals surface area (Å²) in [7, 11) is 0. The van der Waals surface area contributed by atoms with Crippen molar-refractivity contribution in [3.63, 3.8) is 0 Å². The maximum atomic E-state index is 3.79. The minimum atomic E-state index is 0.456. The molecule has 0 amide bonds. The van der Waals surface area contributed by atoms with Crippen molar-refractivity contribution in [2.45, 2.75) is 75.8 Å². The molecule has 5 heteroatoms. The lowest BCUT2D eigenvalue weighted by Gasteiger charge is -2.41. The van der Waals surface area contributed by atoms with Gasteiger partial charge in [-0.2, -0.15) is 0 Å². The summed E-state index contributed by atoms with van der Waals surface area (Å²) >= 11 is 0. The van der Waals surface area contributed by atoms with Gasteiger partial charge in [-0.15, -0.1) is 0 Å². The molecular weight excluding hydrogens is 262 g/mol. The lowest BCUT2D eigenvalue weighted by atomic mass is 9.88. The van der Waals surface area contributed by atoms with E-state index in [1.165, 1.54) is 57.9 Å². The second-order valence-electron chi connectivity index (χ2n) is 6.89. The van der Waals surface area contributed by atoms with Gasteiger partial charge < -0.3 is 21.3 Å². The minimum Gasteiger partial charge on any atom is -0.310 e. The zero-order valence-electron chi connectivity index (χ0n) is 13.3. The highest BCUT2D eigenvalue weighted by molar-refractivity contribution is 4.93. The van der Waals surface area contributed by atoms with E-state index < -0.39 is 0 Å². The van der Waals surface area contributed by atoms with Crippen molar-refractivity contribution in [1.82, 2.24) is 26.6 Å². The Labute approximate surface area is 129 Å². The van der Waals surface area contributed by atoms with Gasteiger partial charge in [0.25, 0.3) is 0 Å². The number of nitrogens with one attached hydrogen (secondary N) is 5. The van der Waals surface area contributed by atoms with Crippen LogP contribution in [-0.4, -0.2) is 50.6 Å². The van der Waals surface area contributed by atoms with Gasteiger partial charge >= 0.3 is 0 Å². The van der Waals surface area contributed by atoms with Crippen molar-refractivity contribution in [3.8, 4) is 0 Å². The second-order valence-corrected chi connectivity index (χ2v) is 6.89. The van der Waals surface area contributed by atoms with E-state index in [2.05, 4.69) is 26.6 Å². The summed E-state index contributed by atoms with van der Waals surface area (Å²) in [6.07, 6.45) is 11.7. The molecule has 2 aliphatic heterocycles. The zero-order chi connectivity index (χ0) is 14.3. The van der Waals surface area contributed by atoms with E-state index in [0.717, 1.165) is 25.7 Å². The summed E-state index contributed by atoms with van der Waals surface area (Å²) in [5.74, 6) is 0. The molecule has 0 radical (unpaired) electrons. The number of hydrogen-bond donors (Lipinski definition) is 5. The van der Waals surface area contributed by atoms with Crippen LogP contribution in [0.4, 0.5) is 0 Å². The van der Waals surface area contributed by atoms with Gasteiger partial charge in [0.15, 0.2) is 0 Å². The van der Waals surface area contributed by atoms with Gasteiger partial charge in [-0.25, -0.2) is 0 Å². The molecule has 21 heavy (non-hydrogen) atoms. The smallest absolute Gasteiger partial charge is 0.0703 e. The molecule has 0 spiro atoms. The Morgan fingerprint density at radius 2 is 1.52 bits per heavy atom. The standard InChI is InChI=1S/C16H33N5/c1-2-7-14-13(6-1)20-12-16(21-14)19-11-5-10-18-15-8-3-4-9-17-15/h13-21H,1-12H2. The molecular formula is C16H33N5. The van der Waals surface area contributed by atoms with Crippen LogP contribution >= 0.6 is 0 Å². The van der Waals surface area contributed by atoms with Crippen LogP contribution in [0.3, 0.4) is 0 Å². The van der Waals surface area contributed by atoms with Gasteiger partial charge in [0.1, 0.15) is 0 Å². The zero-order valence-corrected chi connectivity index (χ0v) is 13.3. The van der Waals surface area contributed by atoms with Crippen LogP contribution in [-0.2, 0) is 0 Å². The molecule has 0 aromatic rings. The first-order valence-electron chi connectivity index (χ1n) is 9.11. The van der Waals surface area contributed by atoms with Gasteiger partial charge in [-0.1, -0.05) is 12.8 Å². The first kappa shape index (κ1) is 15.7. The van der Waals surface area contributed by atoms with Gasteiger partial charge in [-0.05, 0) is 58.2 Å². The topological polar surface area (TPSA) is 60.1 Å². The number of piperazine rings is 1. The van der Waals surface area contributed by atoms with Crippen LogP contribution in [0.2, 0.25) is 0 Å².